The predicted molar refractivity (Wildman–Crippen MR) is 86.1 cm³/mol. The van der Waals surface area contributed by atoms with Crippen LogP contribution in [-0.4, -0.2) is 0 Å². The zero-order valence-electron chi connectivity index (χ0n) is 11.5. The highest BCUT2D eigenvalue weighted by molar-refractivity contribution is 5.93. The Labute approximate surface area is 122 Å². The molecule has 3 aromatic rings. The summed E-state index contributed by atoms with van der Waals surface area (Å²) in [6, 6.07) is 17.3. The minimum Gasteiger partial charge on any atom is -0.422 e. The lowest BCUT2D eigenvalue weighted by atomic mass is 10.1. The molecule has 1 aromatic heterocycles. The quantitative estimate of drug-likeness (QED) is 0.572. The first kappa shape index (κ1) is 13.2. The van der Waals surface area contributed by atoms with Crippen LogP contribution >= 0.6 is 0 Å². The molecule has 0 amide bonds. The highest BCUT2D eigenvalue weighted by Gasteiger charge is 2.13. The first-order valence-electron chi connectivity index (χ1n) is 6.77. The molecule has 0 aliphatic carbocycles. The lowest BCUT2D eigenvalue weighted by molar-refractivity contribution is 0.554. The monoisotopic (exact) mass is 277 g/mol. The molecule has 1 heterocycles. The molecule has 0 radical (unpaired) electrons. The summed E-state index contributed by atoms with van der Waals surface area (Å²) < 4.78 is 5.38. The Morgan fingerprint density at radius 1 is 1.05 bits per heavy atom. The van der Waals surface area contributed by atoms with E-state index in [1.807, 2.05) is 48.5 Å². The Kier molecular flexibility index (Phi) is 3.56. The van der Waals surface area contributed by atoms with E-state index in [9.17, 15) is 4.79 Å². The first-order chi connectivity index (χ1) is 10.3. The minimum atomic E-state index is -0.327. The second-order valence-corrected chi connectivity index (χ2v) is 4.72. The maximum Gasteiger partial charge on any atom is 0.341 e. The first-order valence-corrected chi connectivity index (χ1v) is 6.77. The number of allylic oxidation sites excluding steroid dienone is 1. The van der Waals surface area contributed by atoms with E-state index in [1.165, 1.54) is 0 Å². The Morgan fingerprint density at radius 3 is 2.52 bits per heavy atom. The molecule has 0 spiro atoms. The maximum atomic E-state index is 12.2. The van der Waals surface area contributed by atoms with Crippen LogP contribution in [0.5, 0.6) is 0 Å². The summed E-state index contributed by atoms with van der Waals surface area (Å²) in [7, 11) is 0. The van der Waals surface area contributed by atoms with Gasteiger partial charge in [0.05, 0.1) is 11.3 Å². The van der Waals surface area contributed by atoms with Gasteiger partial charge in [0.25, 0.3) is 0 Å². The third-order valence-electron chi connectivity index (χ3n) is 3.30. The smallest absolute Gasteiger partial charge is 0.341 e. The Hall–Kier alpha value is -2.81. The van der Waals surface area contributed by atoms with E-state index in [0.29, 0.717) is 17.6 Å². The number of benzene rings is 2. The summed E-state index contributed by atoms with van der Waals surface area (Å²) >= 11 is 0. The van der Waals surface area contributed by atoms with Gasteiger partial charge in [-0.2, -0.15) is 0 Å². The summed E-state index contributed by atoms with van der Waals surface area (Å²) in [6.45, 7) is 3.72. The van der Waals surface area contributed by atoms with Crippen LogP contribution in [-0.2, 0) is 6.42 Å². The fourth-order valence-corrected chi connectivity index (χ4v) is 2.33. The molecular weight excluding hydrogens is 262 g/mol. The minimum absolute atomic E-state index is 0.327. The molecule has 104 valence electrons. The van der Waals surface area contributed by atoms with Gasteiger partial charge in [0.2, 0.25) is 0 Å². The van der Waals surface area contributed by atoms with Crippen molar-refractivity contribution in [1.82, 2.24) is 0 Å². The zero-order valence-corrected chi connectivity index (χ0v) is 11.5. The highest BCUT2D eigenvalue weighted by atomic mass is 16.4. The molecule has 0 saturated heterocycles. The Bertz CT molecular complexity index is 835. The SMILES string of the molecule is C=CCc1c(Nc2ccccc2)c2ccccc2oc1=O. The number of hydrogen-bond donors (Lipinski definition) is 1. The summed E-state index contributed by atoms with van der Waals surface area (Å²) in [5.41, 5.74) is 2.56. The third-order valence-corrected chi connectivity index (χ3v) is 3.30. The van der Waals surface area contributed by atoms with Gasteiger partial charge in [-0.05, 0) is 30.7 Å². The molecule has 0 bridgehead atoms. The highest BCUT2D eigenvalue weighted by Crippen LogP contribution is 2.28. The van der Waals surface area contributed by atoms with Crippen LogP contribution < -0.4 is 10.9 Å². The lowest BCUT2D eigenvalue weighted by Crippen LogP contribution is -2.10. The molecule has 2 aromatic carbocycles. The van der Waals surface area contributed by atoms with Crippen LogP contribution in [0.15, 0.2) is 76.5 Å². The second kappa shape index (κ2) is 5.67. The van der Waals surface area contributed by atoms with Crippen LogP contribution in [0.2, 0.25) is 0 Å². The molecule has 0 atom stereocenters. The van der Waals surface area contributed by atoms with E-state index >= 15 is 0 Å². The van der Waals surface area contributed by atoms with E-state index in [0.717, 1.165) is 16.8 Å². The predicted octanol–water partition coefficient (Wildman–Crippen LogP) is 4.27. The Morgan fingerprint density at radius 2 is 1.76 bits per heavy atom. The number of hydrogen-bond acceptors (Lipinski definition) is 3. The van der Waals surface area contributed by atoms with Crippen molar-refractivity contribution in [2.24, 2.45) is 0 Å². The van der Waals surface area contributed by atoms with Crippen molar-refractivity contribution in [3.05, 3.63) is 83.2 Å². The summed E-state index contributed by atoms with van der Waals surface area (Å²) in [6.07, 6.45) is 2.17. The maximum absolute atomic E-state index is 12.2. The van der Waals surface area contributed by atoms with E-state index in [2.05, 4.69) is 11.9 Å². The van der Waals surface area contributed by atoms with Gasteiger partial charge < -0.3 is 9.73 Å². The number of fused-ring (bicyclic) bond motifs is 1. The topological polar surface area (TPSA) is 42.2 Å². The van der Waals surface area contributed by atoms with Gasteiger partial charge in [0.1, 0.15) is 5.58 Å². The van der Waals surface area contributed by atoms with E-state index in [-0.39, 0.29) is 5.63 Å². The van der Waals surface area contributed by atoms with Crippen molar-refractivity contribution < 1.29 is 4.42 Å². The van der Waals surface area contributed by atoms with Crippen LogP contribution in [0.25, 0.3) is 11.0 Å². The average Bonchev–Trinajstić information content (AvgIpc) is 2.52. The van der Waals surface area contributed by atoms with Crippen molar-refractivity contribution >= 4 is 22.3 Å². The van der Waals surface area contributed by atoms with Crippen LogP contribution in [0.4, 0.5) is 11.4 Å². The molecule has 0 saturated carbocycles. The van der Waals surface area contributed by atoms with E-state index < -0.39 is 0 Å². The summed E-state index contributed by atoms with van der Waals surface area (Å²) in [5, 5.41) is 4.22. The molecule has 3 heteroatoms. The van der Waals surface area contributed by atoms with Gasteiger partial charge in [0.15, 0.2) is 0 Å². The van der Waals surface area contributed by atoms with Gasteiger partial charge in [-0.1, -0.05) is 36.4 Å². The normalized spacial score (nSPS) is 10.5. The van der Waals surface area contributed by atoms with Crippen molar-refractivity contribution in [1.29, 1.82) is 0 Å². The number of para-hydroxylation sites is 2. The molecule has 3 rings (SSSR count). The molecule has 0 fully saturated rings. The Balaban J connectivity index is 2.23. The van der Waals surface area contributed by atoms with Gasteiger partial charge in [-0.3, -0.25) is 0 Å². The fourth-order valence-electron chi connectivity index (χ4n) is 2.33. The number of nitrogens with one attached hydrogen (secondary N) is 1. The third kappa shape index (κ3) is 2.58. The van der Waals surface area contributed by atoms with Crippen molar-refractivity contribution in [2.45, 2.75) is 6.42 Å². The summed E-state index contributed by atoms with van der Waals surface area (Å²) in [5.74, 6) is 0. The molecule has 0 aliphatic rings. The average molecular weight is 277 g/mol. The standard InChI is InChI=1S/C18H15NO2/c1-2-8-15-17(19-13-9-4-3-5-10-13)14-11-6-7-12-16(14)21-18(15)20/h2-7,9-12,19H,1,8H2. The van der Waals surface area contributed by atoms with Crippen LogP contribution in [0.3, 0.4) is 0 Å². The number of anilines is 2. The van der Waals surface area contributed by atoms with Gasteiger partial charge in [-0.15, -0.1) is 6.58 Å². The summed E-state index contributed by atoms with van der Waals surface area (Å²) in [4.78, 5) is 12.2. The second-order valence-electron chi connectivity index (χ2n) is 4.72. The molecule has 3 nitrogen and oxygen atoms in total. The zero-order chi connectivity index (χ0) is 14.7. The lowest BCUT2D eigenvalue weighted by Gasteiger charge is -2.12. The van der Waals surface area contributed by atoms with E-state index in [1.54, 1.807) is 12.1 Å². The van der Waals surface area contributed by atoms with E-state index in [4.69, 9.17) is 4.42 Å². The molecule has 0 unspecified atom stereocenters. The van der Waals surface area contributed by atoms with Crippen molar-refractivity contribution in [3.63, 3.8) is 0 Å². The van der Waals surface area contributed by atoms with Gasteiger partial charge >= 0.3 is 5.63 Å². The molecular formula is C18H15NO2. The van der Waals surface area contributed by atoms with Gasteiger partial charge in [0, 0.05) is 11.1 Å². The molecule has 21 heavy (non-hydrogen) atoms. The van der Waals surface area contributed by atoms with Crippen molar-refractivity contribution in [3.8, 4) is 0 Å². The molecule has 0 aliphatic heterocycles. The van der Waals surface area contributed by atoms with Crippen LogP contribution in [0, 0.1) is 0 Å². The fraction of sp³-hybridized carbons (Fsp3) is 0.0556. The molecule has 1 N–H and O–H groups in total. The van der Waals surface area contributed by atoms with Gasteiger partial charge in [-0.25, -0.2) is 4.79 Å². The van der Waals surface area contributed by atoms with Crippen molar-refractivity contribution in [2.75, 3.05) is 5.32 Å². The largest absolute Gasteiger partial charge is 0.422 e. The van der Waals surface area contributed by atoms with Crippen LogP contribution in [0.1, 0.15) is 5.56 Å². The number of rotatable bonds is 4.